The maximum atomic E-state index is 12.8. The van der Waals surface area contributed by atoms with E-state index in [9.17, 15) is 14.4 Å². The van der Waals surface area contributed by atoms with Crippen LogP contribution in [0.5, 0.6) is 0 Å². The van der Waals surface area contributed by atoms with Gasteiger partial charge >= 0.3 is 11.7 Å². The first-order chi connectivity index (χ1) is 14.1. The molecule has 1 aromatic carbocycles. The van der Waals surface area contributed by atoms with Gasteiger partial charge in [0.05, 0.1) is 12.7 Å². The van der Waals surface area contributed by atoms with Crippen LogP contribution in [0.25, 0.3) is 11.4 Å². The standard InChI is InChI=1S/C20H19N5O4/c1-29-19(27)13-4-6-15(7-5-13)22-17(26)12-24-20(28)25(16-8-9-16)18(23-24)14-3-2-10-21-11-14/h2-7,10-11,16H,8-9,12H2,1H3,(H,22,26). The third-order valence-electron chi connectivity index (χ3n) is 4.59. The summed E-state index contributed by atoms with van der Waals surface area (Å²) >= 11 is 0. The quantitative estimate of drug-likeness (QED) is 0.641. The number of hydrogen-bond donors (Lipinski definition) is 1. The Morgan fingerprint density at radius 3 is 2.59 bits per heavy atom. The van der Waals surface area contributed by atoms with Gasteiger partial charge in [-0.05, 0) is 49.2 Å². The van der Waals surface area contributed by atoms with E-state index in [0.29, 0.717) is 17.1 Å². The number of pyridine rings is 1. The fraction of sp³-hybridized carbons (Fsp3) is 0.250. The van der Waals surface area contributed by atoms with Gasteiger partial charge in [-0.1, -0.05) is 0 Å². The molecule has 1 fully saturated rings. The molecule has 2 heterocycles. The minimum atomic E-state index is -0.456. The van der Waals surface area contributed by atoms with E-state index in [1.54, 1.807) is 47.3 Å². The van der Waals surface area contributed by atoms with Crippen molar-refractivity contribution in [3.05, 3.63) is 64.8 Å². The molecule has 0 bridgehead atoms. The van der Waals surface area contributed by atoms with Crippen molar-refractivity contribution in [1.82, 2.24) is 19.3 Å². The van der Waals surface area contributed by atoms with Gasteiger partial charge in [0.25, 0.3) is 0 Å². The average Bonchev–Trinajstić information content (AvgIpc) is 3.53. The molecular formula is C20H19N5O4. The largest absolute Gasteiger partial charge is 0.465 e. The second-order valence-electron chi connectivity index (χ2n) is 6.72. The Hall–Kier alpha value is -3.75. The molecule has 1 aliphatic carbocycles. The molecule has 0 saturated heterocycles. The molecule has 9 nitrogen and oxygen atoms in total. The molecule has 1 amide bonds. The van der Waals surface area contributed by atoms with Crippen LogP contribution in [0.3, 0.4) is 0 Å². The van der Waals surface area contributed by atoms with Gasteiger partial charge in [0.2, 0.25) is 5.91 Å². The number of benzene rings is 1. The molecule has 1 aliphatic rings. The fourth-order valence-electron chi connectivity index (χ4n) is 3.02. The maximum Gasteiger partial charge on any atom is 0.346 e. The van der Waals surface area contributed by atoms with Crippen LogP contribution in [0.2, 0.25) is 0 Å². The average molecular weight is 393 g/mol. The normalized spacial score (nSPS) is 13.1. The van der Waals surface area contributed by atoms with Crippen molar-refractivity contribution in [2.45, 2.75) is 25.4 Å². The van der Waals surface area contributed by atoms with Crippen LogP contribution < -0.4 is 11.0 Å². The number of carbonyl (C=O) groups is 2. The first-order valence-electron chi connectivity index (χ1n) is 9.15. The smallest absolute Gasteiger partial charge is 0.346 e. The summed E-state index contributed by atoms with van der Waals surface area (Å²) in [6, 6.07) is 10.0. The van der Waals surface area contributed by atoms with E-state index in [1.165, 1.54) is 11.8 Å². The van der Waals surface area contributed by atoms with Gasteiger partial charge in [-0.2, -0.15) is 0 Å². The second-order valence-corrected chi connectivity index (χ2v) is 6.72. The van der Waals surface area contributed by atoms with Crippen LogP contribution in [0.15, 0.2) is 53.6 Å². The molecule has 0 unspecified atom stereocenters. The van der Waals surface area contributed by atoms with Crippen molar-refractivity contribution in [2.24, 2.45) is 0 Å². The van der Waals surface area contributed by atoms with Gasteiger partial charge in [-0.3, -0.25) is 14.3 Å². The number of nitrogens with one attached hydrogen (secondary N) is 1. The summed E-state index contributed by atoms with van der Waals surface area (Å²) in [6.45, 7) is -0.218. The van der Waals surface area contributed by atoms with Crippen LogP contribution in [0.1, 0.15) is 29.2 Å². The van der Waals surface area contributed by atoms with E-state index in [2.05, 4.69) is 20.1 Å². The predicted octanol–water partition coefficient (Wildman–Crippen LogP) is 1.87. The number of rotatable bonds is 6. The van der Waals surface area contributed by atoms with E-state index in [0.717, 1.165) is 18.4 Å². The molecule has 1 saturated carbocycles. The number of anilines is 1. The minimum absolute atomic E-state index is 0.111. The molecule has 148 valence electrons. The van der Waals surface area contributed by atoms with E-state index >= 15 is 0 Å². The first kappa shape index (κ1) is 18.6. The SMILES string of the molecule is COC(=O)c1ccc(NC(=O)Cn2nc(-c3cccnc3)n(C3CC3)c2=O)cc1. The highest BCUT2D eigenvalue weighted by Crippen LogP contribution is 2.36. The molecule has 3 aromatic rings. The van der Waals surface area contributed by atoms with Crippen LogP contribution >= 0.6 is 0 Å². The van der Waals surface area contributed by atoms with Gasteiger partial charge in [0.15, 0.2) is 5.82 Å². The van der Waals surface area contributed by atoms with Crippen LogP contribution in [0.4, 0.5) is 5.69 Å². The lowest BCUT2D eigenvalue weighted by Gasteiger charge is -2.05. The number of aromatic nitrogens is 4. The van der Waals surface area contributed by atoms with E-state index in [4.69, 9.17) is 0 Å². The highest BCUT2D eigenvalue weighted by molar-refractivity contribution is 5.92. The lowest BCUT2D eigenvalue weighted by Crippen LogP contribution is -2.30. The number of hydrogen-bond acceptors (Lipinski definition) is 6. The van der Waals surface area contributed by atoms with Gasteiger partial charge < -0.3 is 10.1 Å². The van der Waals surface area contributed by atoms with Crippen LogP contribution in [0, 0.1) is 0 Å². The third kappa shape index (κ3) is 3.93. The second kappa shape index (κ2) is 7.70. The number of esters is 1. The molecular weight excluding hydrogens is 374 g/mol. The molecule has 4 rings (SSSR count). The molecule has 0 atom stereocenters. The highest BCUT2D eigenvalue weighted by Gasteiger charge is 2.30. The molecule has 2 aromatic heterocycles. The van der Waals surface area contributed by atoms with Crippen molar-refractivity contribution >= 4 is 17.6 Å². The van der Waals surface area contributed by atoms with Crippen LogP contribution in [-0.2, 0) is 16.1 Å². The lowest BCUT2D eigenvalue weighted by atomic mass is 10.2. The number of amides is 1. The van der Waals surface area contributed by atoms with Gasteiger partial charge in [0.1, 0.15) is 6.54 Å². The Bertz CT molecular complexity index is 1100. The first-order valence-corrected chi connectivity index (χ1v) is 9.15. The third-order valence-corrected chi connectivity index (χ3v) is 4.59. The summed E-state index contributed by atoms with van der Waals surface area (Å²) in [6.07, 6.45) is 5.13. The molecule has 0 spiro atoms. The van der Waals surface area contributed by atoms with Crippen molar-refractivity contribution in [1.29, 1.82) is 0 Å². The summed E-state index contributed by atoms with van der Waals surface area (Å²) in [5.74, 6) is -0.333. The molecule has 29 heavy (non-hydrogen) atoms. The van der Waals surface area contributed by atoms with Crippen molar-refractivity contribution in [3.63, 3.8) is 0 Å². The molecule has 9 heteroatoms. The van der Waals surface area contributed by atoms with Crippen LogP contribution in [-0.4, -0.2) is 38.3 Å². The summed E-state index contributed by atoms with van der Waals surface area (Å²) < 4.78 is 7.44. The Labute approximate surface area is 165 Å². The van der Waals surface area contributed by atoms with Crippen molar-refractivity contribution in [3.8, 4) is 11.4 Å². The topological polar surface area (TPSA) is 108 Å². The molecule has 0 radical (unpaired) electrons. The van der Waals surface area contributed by atoms with E-state index in [1.807, 2.05) is 6.07 Å². The minimum Gasteiger partial charge on any atom is -0.465 e. The fourth-order valence-corrected chi connectivity index (χ4v) is 3.02. The molecule has 0 aliphatic heterocycles. The number of nitrogens with zero attached hydrogens (tertiary/aromatic N) is 4. The van der Waals surface area contributed by atoms with Gasteiger partial charge in [-0.15, -0.1) is 5.10 Å². The Kier molecular flexibility index (Phi) is 4.94. The lowest BCUT2D eigenvalue weighted by molar-refractivity contribution is -0.117. The summed E-state index contributed by atoms with van der Waals surface area (Å²) in [4.78, 5) is 40.8. The van der Waals surface area contributed by atoms with Gasteiger partial charge in [-0.25, -0.2) is 14.3 Å². The Morgan fingerprint density at radius 1 is 1.21 bits per heavy atom. The number of ether oxygens (including phenoxy) is 1. The number of carbonyl (C=O) groups excluding carboxylic acids is 2. The van der Waals surface area contributed by atoms with Crippen molar-refractivity contribution in [2.75, 3.05) is 12.4 Å². The Balaban J connectivity index is 1.53. The summed E-state index contributed by atoms with van der Waals surface area (Å²) in [5.41, 5.74) is 1.30. The highest BCUT2D eigenvalue weighted by atomic mass is 16.5. The zero-order valence-electron chi connectivity index (χ0n) is 15.7. The Morgan fingerprint density at radius 2 is 1.97 bits per heavy atom. The van der Waals surface area contributed by atoms with Gasteiger partial charge in [0, 0.05) is 29.7 Å². The monoisotopic (exact) mass is 393 g/mol. The zero-order valence-corrected chi connectivity index (χ0v) is 15.7. The summed E-state index contributed by atoms with van der Waals surface area (Å²) in [7, 11) is 1.30. The van der Waals surface area contributed by atoms with E-state index < -0.39 is 11.9 Å². The maximum absolute atomic E-state index is 12.8. The predicted molar refractivity (Wildman–Crippen MR) is 104 cm³/mol. The number of methoxy groups -OCH3 is 1. The zero-order chi connectivity index (χ0) is 20.4. The van der Waals surface area contributed by atoms with E-state index in [-0.39, 0.29) is 18.3 Å². The molecule has 1 N–H and O–H groups in total. The summed E-state index contributed by atoms with van der Waals surface area (Å²) in [5, 5.41) is 7.08. The van der Waals surface area contributed by atoms with Crippen molar-refractivity contribution < 1.29 is 14.3 Å².